The molecule has 0 radical (unpaired) electrons. The molecule has 94 valence electrons. The second-order valence-electron chi connectivity index (χ2n) is 4.09. The summed E-state index contributed by atoms with van der Waals surface area (Å²) in [5, 5.41) is 9.94. The van der Waals surface area contributed by atoms with Gasteiger partial charge in [0.25, 0.3) is 0 Å². The zero-order valence-electron chi connectivity index (χ0n) is 10.4. The monoisotopic (exact) mass is 279 g/mol. The first-order valence-electron chi connectivity index (χ1n) is 5.51. The minimum Gasteiger partial charge on any atom is -0.305 e. The zero-order valence-corrected chi connectivity index (χ0v) is 11.9. The maximum absolute atomic E-state index is 6.17. The fourth-order valence-electron chi connectivity index (χ4n) is 1.51. The van der Waals surface area contributed by atoms with Gasteiger partial charge in [-0.1, -0.05) is 47.6 Å². The number of rotatable bonds is 4. The van der Waals surface area contributed by atoms with Crippen molar-refractivity contribution in [2.24, 2.45) is 7.05 Å². The van der Waals surface area contributed by atoms with Gasteiger partial charge in [-0.25, -0.2) is 0 Å². The molecule has 2 aromatic rings. The molecule has 0 amide bonds. The molecular formula is C13H14ClN3S. The third-order valence-electron chi connectivity index (χ3n) is 2.40. The summed E-state index contributed by atoms with van der Waals surface area (Å²) < 4.78 is 1.95. The molecule has 0 fully saturated rings. The molecule has 0 spiro atoms. The maximum Gasteiger partial charge on any atom is 0.191 e. The van der Waals surface area contributed by atoms with E-state index in [1.165, 1.54) is 0 Å². The Morgan fingerprint density at radius 2 is 2.11 bits per heavy atom. The minimum absolute atomic E-state index is 0.685. The average molecular weight is 280 g/mol. The van der Waals surface area contributed by atoms with E-state index in [1.807, 2.05) is 42.8 Å². The highest BCUT2D eigenvalue weighted by atomic mass is 35.5. The van der Waals surface area contributed by atoms with Crippen molar-refractivity contribution in [3.05, 3.63) is 41.4 Å². The van der Waals surface area contributed by atoms with E-state index in [-0.39, 0.29) is 0 Å². The van der Waals surface area contributed by atoms with Crippen LogP contribution in [0.1, 0.15) is 6.92 Å². The molecule has 0 unspecified atom stereocenters. The largest absolute Gasteiger partial charge is 0.305 e. The van der Waals surface area contributed by atoms with Crippen molar-refractivity contribution in [1.29, 1.82) is 0 Å². The fourth-order valence-corrected chi connectivity index (χ4v) is 2.48. The van der Waals surface area contributed by atoms with E-state index in [9.17, 15) is 0 Å². The lowest BCUT2D eigenvalue weighted by Gasteiger charge is -2.05. The fraction of sp³-hybridized carbons (Fsp3) is 0.231. The number of hydrogen-bond donors (Lipinski definition) is 0. The molecule has 0 aliphatic heterocycles. The predicted molar refractivity (Wildman–Crippen MR) is 77.0 cm³/mol. The summed E-state index contributed by atoms with van der Waals surface area (Å²) in [6, 6.07) is 7.64. The van der Waals surface area contributed by atoms with Gasteiger partial charge in [-0.3, -0.25) is 0 Å². The molecule has 0 saturated carbocycles. The molecule has 1 aromatic carbocycles. The summed E-state index contributed by atoms with van der Waals surface area (Å²) in [5.74, 6) is 1.62. The van der Waals surface area contributed by atoms with Gasteiger partial charge in [0.1, 0.15) is 0 Å². The van der Waals surface area contributed by atoms with Crippen molar-refractivity contribution >= 4 is 23.4 Å². The summed E-state index contributed by atoms with van der Waals surface area (Å²) in [7, 11) is 1.94. The van der Waals surface area contributed by atoms with Gasteiger partial charge in [-0.05, 0) is 19.1 Å². The van der Waals surface area contributed by atoms with Gasteiger partial charge in [0.15, 0.2) is 11.0 Å². The van der Waals surface area contributed by atoms with Crippen LogP contribution in [0.4, 0.5) is 0 Å². The maximum atomic E-state index is 6.17. The van der Waals surface area contributed by atoms with E-state index >= 15 is 0 Å². The van der Waals surface area contributed by atoms with E-state index in [4.69, 9.17) is 11.6 Å². The summed E-state index contributed by atoms with van der Waals surface area (Å²) in [4.78, 5) is 0. The van der Waals surface area contributed by atoms with Crippen LogP contribution in [0.5, 0.6) is 0 Å². The highest BCUT2D eigenvalue weighted by Crippen LogP contribution is 2.28. The van der Waals surface area contributed by atoms with Gasteiger partial charge in [0.05, 0.1) is 5.02 Å². The number of aromatic nitrogens is 3. The zero-order chi connectivity index (χ0) is 13.1. The van der Waals surface area contributed by atoms with Crippen LogP contribution < -0.4 is 0 Å². The lowest BCUT2D eigenvalue weighted by molar-refractivity contribution is 0.794. The molecule has 3 nitrogen and oxygen atoms in total. The van der Waals surface area contributed by atoms with Gasteiger partial charge in [-0.15, -0.1) is 10.2 Å². The smallest absolute Gasteiger partial charge is 0.191 e. The molecule has 0 aliphatic carbocycles. The van der Waals surface area contributed by atoms with Gasteiger partial charge in [-0.2, -0.15) is 0 Å². The first-order chi connectivity index (χ1) is 8.59. The number of benzene rings is 1. The molecule has 2 rings (SSSR count). The first kappa shape index (κ1) is 13.2. The highest BCUT2D eigenvalue weighted by Gasteiger charge is 2.13. The lowest BCUT2D eigenvalue weighted by atomic mass is 10.2. The Hall–Kier alpha value is -1.26. The summed E-state index contributed by atoms with van der Waals surface area (Å²) in [6.07, 6.45) is 0. The quantitative estimate of drug-likeness (QED) is 0.630. The molecule has 18 heavy (non-hydrogen) atoms. The molecule has 1 aromatic heterocycles. The number of thioether (sulfide) groups is 1. The van der Waals surface area contributed by atoms with Crippen LogP contribution in [0.2, 0.25) is 5.02 Å². The van der Waals surface area contributed by atoms with Crippen LogP contribution in [-0.2, 0) is 7.05 Å². The number of halogens is 1. The molecule has 0 N–H and O–H groups in total. The standard InChI is InChI=1S/C13H14ClN3S/c1-9(2)8-18-13-16-15-12(17(13)3)10-6-4-5-7-11(10)14/h4-7H,1,8H2,2-3H3. The Bertz CT molecular complexity index is 577. The van der Waals surface area contributed by atoms with Gasteiger partial charge < -0.3 is 4.57 Å². The minimum atomic E-state index is 0.685. The van der Waals surface area contributed by atoms with Crippen molar-refractivity contribution in [1.82, 2.24) is 14.8 Å². The van der Waals surface area contributed by atoms with Crippen LogP contribution in [0.3, 0.4) is 0 Å². The number of nitrogens with zero attached hydrogens (tertiary/aromatic N) is 3. The van der Waals surface area contributed by atoms with Crippen molar-refractivity contribution in [2.45, 2.75) is 12.1 Å². The third kappa shape index (κ3) is 2.76. The van der Waals surface area contributed by atoms with Crippen molar-refractivity contribution < 1.29 is 0 Å². The Labute approximate surface area is 116 Å². The highest BCUT2D eigenvalue weighted by molar-refractivity contribution is 7.99. The summed E-state index contributed by atoms with van der Waals surface area (Å²) in [5.41, 5.74) is 2.01. The van der Waals surface area contributed by atoms with Gasteiger partial charge in [0, 0.05) is 18.4 Å². The molecule has 0 saturated heterocycles. The molecular weight excluding hydrogens is 266 g/mol. The Balaban J connectivity index is 2.31. The van der Waals surface area contributed by atoms with Crippen molar-refractivity contribution in [3.63, 3.8) is 0 Å². The molecule has 0 bridgehead atoms. The Morgan fingerprint density at radius 3 is 2.78 bits per heavy atom. The molecule has 0 aliphatic rings. The van der Waals surface area contributed by atoms with E-state index in [1.54, 1.807) is 11.8 Å². The molecule has 1 heterocycles. The summed E-state index contributed by atoms with van der Waals surface area (Å²) in [6.45, 7) is 5.88. The average Bonchev–Trinajstić information content (AvgIpc) is 2.69. The Morgan fingerprint density at radius 1 is 1.39 bits per heavy atom. The number of hydrogen-bond acceptors (Lipinski definition) is 3. The molecule has 5 heteroatoms. The van der Waals surface area contributed by atoms with E-state index in [0.717, 1.165) is 27.9 Å². The summed E-state index contributed by atoms with van der Waals surface area (Å²) >= 11 is 7.79. The second-order valence-corrected chi connectivity index (χ2v) is 5.44. The van der Waals surface area contributed by atoms with Crippen LogP contribution >= 0.6 is 23.4 Å². The first-order valence-corrected chi connectivity index (χ1v) is 6.87. The van der Waals surface area contributed by atoms with Crippen molar-refractivity contribution in [2.75, 3.05) is 5.75 Å². The van der Waals surface area contributed by atoms with Crippen LogP contribution in [0, 0.1) is 0 Å². The normalized spacial score (nSPS) is 10.6. The predicted octanol–water partition coefficient (Wildman–Crippen LogP) is 3.80. The van der Waals surface area contributed by atoms with Crippen LogP contribution in [0.25, 0.3) is 11.4 Å². The molecule has 0 atom stereocenters. The van der Waals surface area contributed by atoms with Gasteiger partial charge >= 0.3 is 0 Å². The topological polar surface area (TPSA) is 30.7 Å². The van der Waals surface area contributed by atoms with Crippen LogP contribution in [0.15, 0.2) is 41.6 Å². The lowest BCUT2D eigenvalue weighted by Crippen LogP contribution is -1.95. The van der Waals surface area contributed by atoms with E-state index in [2.05, 4.69) is 16.8 Å². The van der Waals surface area contributed by atoms with Gasteiger partial charge in [0.2, 0.25) is 0 Å². The SMILES string of the molecule is C=C(C)CSc1nnc(-c2ccccc2Cl)n1C. The van der Waals surface area contributed by atoms with E-state index < -0.39 is 0 Å². The van der Waals surface area contributed by atoms with Crippen molar-refractivity contribution in [3.8, 4) is 11.4 Å². The van der Waals surface area contributed by atoms with E-state index in [0.29, 0.717) is 5.02 Å². The van der Waals surface area contributed by atoms with Crippen LogP contribution in [-0.4, -0.2) is 20.5 Å². The second kappa shape index (κ2) is 5.59. The third-order valence-corrected chi connectivity index (χ3v) is 3.98. The Kier molecular flexibility index (Phi) is 4.09.